The monoisotopic (exact) mass is 417 g/mol. The number of amides is 1. The number of furan rings is 1. The van der Waals surface area contributed by atoms with Crippen molar-refractivity contribution in [2.75, 3.05) is 0 Å². The van der Waals surface area contributed by atoms with E-state index in [1.54, 1.807) is 28.2 Å². The van der Waals surface area contributed by atoms with Crippen LogP contribution in [0.25, 0.3) is 10.2 Å². The standard InChI is InChI=1S/C20H23N3O3S2/c1-3-14(17(21)24)28-20-22-18-16(13-7-6-11(2)9-15(13)27-18)19(25)23(20)10-12-5-4-8-26-12/h4-5,8,11,14H,3,6-7,9-10H2,1-2H3,(H2,21,24). The largest absolute Gasteiger partial charge is 0.467 e. The van der Waals surface area contributed by atoms with Gasteiger partial charge in [0.25, 0.3) is 5.56 Å². The maximum absolute atomic E-state index is 13.5. The number of thioether (sulfide) groups is 1. The van der Waals surface area contributed by atoms with Crippen LogP contribution in [-0.2, 0) is 24.2 Å². The highest BCUT2D eigenvalue weighted by Gasteiger charge is 2.26. The topological polar surface area (TPSA) is 91.1 Å². The third-order valence-corrected chi connectivity index (χ3v) is 7.73. The van der Waals surface area contributed by atoms with Crippen molar-refractivity contribution in [3.8, 4) is 0 Å². The lowest BCUT2D eigenvalue weighted by Crippen LogP contribution is -2.28. The molecular formula is C20H23N3O3S2. The molecule has 2 N–H and O–H groups in total. The van der Waals surface area contributed by atoms with Crippen LogP contribution in [0.2, 0.25) is 0 Å². The van der Waals surface area contributed by atoms with E-state index in [-0.39, 0.29) is 12.1 Å². The minimum Gasteiger partial charge on any atom is -0.467 e. The molecule has 8 heteroatoms. The molecule has 1 amide bonds. The smallest absolute Gasteiger partial charge is 0.263 e. The average Bonchev–Trinajstić information content (AvgIpc) is 3.28. The Morgan fingerprint density at radius 2 is 2.36 bits per heavy atom. The minimum atomic E-state index is -0.429. The highest BCUT2D eigenvalue weighted by Crippen LogP contribution is 2.37. The van der Waals surface area contributed by atoms with Crippen molar-refractivity contribution in [3.05, 3.63) is 45.0 Å². The number of fused-ring (bicyclic) bond motifs is 3. The molecule has 0 spiro atoms. The van der Waals surface area contributed by atoms with Gasteiger partial charge in [0, 0.05) is 4.88 Å². The van der Waals surface area contributed by atoms with Gasteiger partial charge in [0.05, 0.1) is 23.4 Å². The number of hydrogen-bond acceptors (Lipinski definition) is 6. The second-order valence-corrected chi connectivity index (χ2v) is 9.57. The Bertz CT molecular complexity index is 1070. The molecule has 148 valence electrons. The van der Waals surface area contributed by atoms with Gasteiger partial charge < -0.3 is 10.2 Å². The van der Waals surface area contributed by atoms with Gasteiger partial charge in [0.2, 0.25) is 5.91 Å². The molecular weight excluding hydrogens is 394 g/mol. The fourth-order valence-electron chi connectivity index (χ4n) is 3.66. The van der Waals surface area contributed by atoms with Crippen molar-refractivity contribution in [2.24, 2.45) is 11.7 Å². The Labute approximate surface area is 171 Å². The molecule has 28 heavy (non-hydrogen) atoms. The first-order valence-electron chi connectivity index (χ1n) is 9.51. The van der Waals surface area contributed by atoms with Crippen molar-refractivity contribution in [3.63, 3.8) is 0 Å². The van der Waals surface area contributed by atoms with E-state index >= 15 is 0 Å². The van der Waals surface area contributed by atoms with E-state index in [1.807, 2.05) is 13.0 Å². The highest BCUT2D eigenvalue weighted by molar-refractivity contribution is 8.00. The van der Waals surface area contributed by atoms with E-state index in [9.17, 15) is 9.59 Å². The predicted molar refractivity (Wildman–Crippen MR) is 112 cm³/mol. The molecule has 0 aliphatic heterocycles. The summed E-state index contributed by atoms with van der Waals surface area (Å²) in [7, 11) is 0. The maximum Gasteiger partial charge on any atom is 0.263 e. The zero-order chi connectivity index (χ0) is 19.8. The number of thiophene rings is 1. The lowest BCUT2D eigenvalue weighted by atomic mass is 9.89. The molecule has 0 radical (unpaired) electrons. The van der Waals surface area contributed by atoms with Gasteiger partial charge in [-0.3, -0.25) is 14.2 Å². The van der Waals surface area contributed by atoms with Gasteiger partial charge >= 0.3 is 0 Å². The molecule has 0 saturated carbocycles. The molecule has 1 aliphatic rings. The first-order chi connectivity index (χ1) is 13.5. The summed E-state index contributed by atoms with van der Waals surface area (Å²) in [5.74, 6) is 0.903. The SMILES string of the molecule is CCC(Sc1nc2sc3c(c2c(=O)n1Cc1ccco1)CCC(C)C3)C(N)=O. The molecule has 0 bridgehead atoms. The number of aromatic nitrogens is 2. The quantitative estimate of drug-likeness (QED) is 0.489. The molecule has 3 heterocycles. The van der Waals surface area contributed by atoms with Crippen LogP contribution in [0.3, 0.4) is 0 Å². The summed E-state index contributed by atoms with van der Waals surface area (Å²) in [4.78, 5) is 32.1. The van der Waals surface area contributed by atoms with E-state index in [2.05, 4.69) is 6.92 Å². The molecule has 6 nitrogen and oxygen atoms in total. The number of carbonyl (C=O) groups excluding carboxylic acids is 1. The summed E-state index contributed by atoms with van der Waals surface area (Å²) in [6.07, 6.45) is 5.17. The Balaban J connectivity index is 1.88. The molecule has 3 aromatic rings. The van der Waals surface area contributed by atoms with E-state index in [0.717, 1.165) is 35.0 Å². The maximum atomic E-state index is 13.5. The zero-order valence-electron chi connectivity index (χ0n) is 15.9. The highest BCUT2D eigenvalue weighted by atomic mass is 32.2. The van der Waals surface area contributed by atoms with E-state index in [1.165, 1.54) is 16.6 Å². The van der Waals surface area contributed by atoms with Gasteiger partial charge in [-0.2, -0.15) is 0 Å². The Kier molecular flexibility index (Phi) is 5.33. The normalized spacial score (nSPS) is 17.6. The van der Waals surface area contributed by atoms with Crippen LogP contribution in [0, 0.1) is 5.92 Å². The average molecular weight is 418 g/mol. The summed E-state index contributed by atoms with van der Waals surface area (Å²) in [6, 6.07) is 3.63. The van der Waals surface area contributed by atoms with Crippen molar-refractivity contribution in [1.29, 1.82) is 0 Å². The van der Waals surface area contributed by atoms with Gasteiger partial charge in [0.1, 0.15) is 10.6 Å². The first kappa shape index (κ1) is 19.3. The first-order valence-corrected chi connectivity index (χ1v) is 11.2. The molecule has 0 aromatic carbocycles. The predicted octanol–water partition coefficient (Wildman–Crippen LogP) is 3.58. The molecule has 4 rings (SSSR count). The van der Waals surface area contributed by atoms with E-state index in [4.69, 9.17) is 15.1 Å². The van der Waals surface area contributed by atoms with Crippen molar-refractivity contribution < 1.29 is 9.21 Å². The number of nitrogens with zero attached hydrogens (tertiary/aromatic N) is 2. The zero-order valence-corrected chi connectivity index (χ0v) is 17.6. The summed E-state index contributed by atoms with van der Waals surface area (Å²) >= 11 is 2.88. The number of rotatable bonds is 6. The number of carbonyl (C=O) groups is 1. The van der Waals surface area contributed by atoms with Crippen molar-refractivity contribution >= 4 is 39.2 Å². The summed E-state index contributed by atoms with van der Waals surface area (Å²) in [6.45, 7) is 4.43. The van der Waals surface area contributed by atoms with Crippen LogP contribution in [0.15, 0.2) is 32.8 Å². The number of hydrogen-bond donors (Lipinski definition) is 1. The second kappa shape index (κ2) is 7.75. The third kappa shape index (κ3) is 3.51. The Hall–Kier alpha value is -2.06. The molecule has 2 unspecified atom stereocenters. The van der Waals surface area contributed by atoms with Gasteiger partial charge in [0.15, 0.2) is 5.16 Å². The molecule has 1 aliphatic carbocycles. The summed E-state index contributed by atoms with van der Waals surface area (Å²) in [5, 5.41) is 0.822. The van der Waals surface area contributed by atoms with Crippen LogP contribution in [0.4, 0.5) is 0 Å². The molecule has 0 saturated heterocycles. The number of nitrogens with two attached hydrogens (primary N) is 1. The number of primary amides is 1. The summed E-state index contributed by atoms with van der Waals surface area (Å²) < 4.78 is 7.09. The van der Waals surface area contributed by atoms with Crippen LogP contribution in [0.5, 0.6) is 0 Å². The van der Waals surface area contributed by atoms with Crippen LogP contribution >= 0.6 is 23.1 Å². The van der Waals surface area contributed by atoms with Crippen molar-refractivity contribution in [2.45, 2.75) is 56.5 Å². The molecule has 0 fully saturated rings. The van der Waals surface area contributed by atoms with E-state index < -0.39 is 11.2 Å². The molecule has 3 aromatic heterocycles. The van der Waals surface area contributed by atoms with Gasteiger partial charge in [-0.25, -0.2) is 4.98 Å². The third-order valence-electron chi connectivity index (χ3n) is 5.21. The van der Waals surface area contributed by atoms with Gasteiger partial charge in [-0.15, -0.1) is 11.3 Å². The van der Waals surface area contributed by atoms with E-state index in [0.29, 0.717) is 23.3 Å². The minimum absolute atomic E-state index is 0.0599. The van der Waals surface area contributed by atoms with Crippen LogP contribution in [-0.4, -0.2) is 20.7 Å². The summed E-state index contributed by atoms with van der Waals surface area (Å²) in [5.41, 5.74) is 6.63. The number of aryl methyl sites for hydroxylation is 1. The second-order valence-electron chi connectivity index (χ2n) is 7.31. The van der Waals surface area contributed by atoms with Crippen LogP contribution in [0.1, 0.15) is 42.9 Å². The molecule has 2 atom stereocenters. The van der Waals surface area contributed by atoms with Gasteiger partial charge in [-0.05, 0) is 49.3 Å². The van der Waals surface area contributed by atoms with Gasteiger partial charge in [-0.1, -0.05) is 25.6 Å². The Morgan fingerprint density at radius 1 is 1.54 bits per heavy atom. The lowest BCUT2D eigenvalue weighted by Gasteiger charge is -2.18. The van der Waals surface area contributed by atoms with Crippen LogP contribution < -0.4 is 11.3 Å². The fraction of sp³-hybridized carbons (Fsp3) is 0.450. The lowest BCUT2D eigenvalue weighted by molar-refractivity contribution is -0.117. The van der Waals surface area contributed by atoms with Crippen molar-refractivity contribution in [1.82, 2.24) is 9.55 Å². The Morgan fingerprint density at radius 3 is 3.04 bits per heavy atom. The fourth-order valence-corrected chi connectivity index (χ4v) is 6.05.